The Hall–Kier alpha value is -1.01. The SMILES string of the molecule is C[C](C)=[Zr]([Cl])[Cl].c1ccc2c(C(C3CC3)C3CC3)c[cH-]c2c1.c1ccc2c(C(C3CC3)C3CC3)c[cH-]c2c1. The predicted molar refractivity (Wildman–Crippen MR) is 164 cm³/mol. The van der Waals surface area contributed by atoms with Gasteiger partial charge in [0.1, 0.15) is 0 Å². The summed E-state index contributed by atoms with van der Waals surface area (Å²) in [5.41, 5.74) is 3.31. The van der Waals surface area contributed by atoms with Gasteiger partial charge in [0.15, 0.2) is 0 Å². The molecule has 4 fully saturated rings. The van der Waals surface area contributed by atoms with Crippen LogP contribution in [0.1, 0.15) is 88.2 Å². The number of benzene rings is 2. The fraction of sp³-hybridized carbons (Fsp3) is 0.457. The standard InChI is InChI=1S/2C16H17.C3H6.2ClH.Zr/c2*1-2-4-14-11(3-1)9-10-15(14)16(12-5-6-12)13-7-8-13;1-3-2;;;/h2*1-4,9-10,12-13,16H,5-8H2;1-2H3;2*1H;/q2*-1;;;;+2/p-2. The molecular weight excluding hydrogens is 583 g/mol. The van der Waals surface area contributed by atoms with Crippen LogP contribution >= 0.6 is 17.0 Å². The Labute approximate surface area is 243 Å². The molecule has 0 nitrogen and oxygen atoms in total. The van der Waals surface area contributed by atoms with Gasteiger partial charge in [-0.1, -0.05) is 75.3 Å². The second-order valence-corrected chi connectivity index (χ2v) is 21.8. The van der Waals surface area contributed by atoms with Crippen LogP contribution in [0.5, 0.6) is 0 Å². The smallest absolute Gasteiger partial charge is 0.0430 e. The summed E-state index contributed by atoms with van der Waals surface area (Å²) in [7, 11) is 11.1. The van der Waals surface area contributed by atoms with Gasteiger partial charge in [-0.05, 0) is 23.7 Å². The van der Waals surface area contributed by atoms with Crippen LogP contribution in [-0.4, -0.2) is 3.21 Å². The third-order valence-electron chi connectivity index (χ3n) is 9.04. The molecule has 4 aromatic carbocycles. The third kappa shape index (κ3) is 6.48. The van der Waals surface area contributed by atoms with Crippen molar-refractivity contribution in [3.8, 4) is 0 Å². The van der Waals surface area contributed by atoms with Gasteiger partial charge in [-0.3, -0.25) is 0 Å². The summed E-state index contributed by atoms with van der Waals surface area (Å²) in [6, 6.07) is 27.2. The number of halogens is 2. The molecule has 0 atom stereocenters. The Bertz CT molecular complexity index is 1270. The van der Waals surface area contributed by atoms with E-state index in [1.807, 2.05) is 13.8 Å². The number of rotatable bonds is 6. The molecule has 4 aromatic rings. The molecule has 0 N–H and O–H groups in total. The van der Waals surface area contributed by atoms with E-state index in [2.05, 4.69) is 72.8 Å². The molecule has 0 amide bonds. The van der Waals surface area contributed by atoms with E-state index in [1.165, 1.54) is 76.1 Å². The third-order valence-corrected chi connectivity index (χ3v) is 15.4. The number of hydrogen-bond acceptors (Lipinski definition) is 0. The van der Waals surface area contributed by atoms with Crippen LogP contribution in [0.2, 0.25) is 0 Å². The second kappa shape index (κ2) is 11.8. The molecule has 0 unspecified atom stereocenters. The molecule has 8 rings (SSSR count). The molecule has 3 heteroatoms. The zero-order valence-corrected chi connectivity index (χ0v) is 26.8. The maximum atomic E-state index is 5.54. The maximum absolute atomic E-state index is 5.54. The largest absolute Gasteiger partial charge is 0.150 e. The molecule has 0 bridgehead atoms. The Morgan fingerprint density at radius 2 is 0.947 bits per heavy atom. The second-order valence-electron chi connectivity index (χ2n) is 12.4. The van der Waals surface area contributed by atoms with Crippen molar-refractivity contribution in [3.05, 3.63) is 83.9 Å². The molecule has 4 aliphatic carbocycles. The van der Waals surface area contributed by atoms with Crippen molar-refractivity contribution >= 4 is 41.8 Å². The van der Waals surface area contributed by atoms with Gasteiger partial charge in [0, 0.05) is 0 Å². The zero-order valence-electron chi connectivity index (χ0n) is 22.8. The molecular formula is C35H40Cl2Zr-2. The van der Waals surface area contributed by atoms with E-state index in [0.29, 0.717) is 0 Å². The Morgan fingerprint density at radius 3 is 1.24 bits per heavy atom. The van der Waals surface area contributed by atoms with Gasteiger partial charge in [0.05, 0.1) is 0 Å². The van der Waals surface area contributed by atoms with E-state index in [1.54, 1.807) is 11.1 Å². The summed E-state index contributed by atoms with van der Waals surface area (Å²) in [5, 5.41) is 5.91. The zero-order chi connectivity index (χ0) is 26.2. The minimum atomic E-state index is -1.84. The van der Waals surface area contributed by atoms with E-state index >= 15 is 0 Å². The molecule has 0 saturated heterocycles. The first-order valence-electron chi connectivity index (χ1n) is 14.8. The molecule has 0 spiro atoms. The summed E-state index contributed by atoms with van der Waals surface area (Å²) in [6.45, 7) is 3.96. The van der Waals surface area contributed by atoms with Gasteiger partial charge >= 0.3 is 53.0 Å². The van der Waals surface area contributed by atoms with Crippen molar-refractivity contribution < 1.29 is 18.9 Å². The van der Waals surface area contributed by atoms with Gasteiger partial charge in [-0.2, -0.15) is 0 Å². The molecule has 200 valence electrons. The van der Waals surface area contributed by atoms with Crippen LogP contribution in [0.4, 0.5) is 0 Å². The quantitative estimate of drug-likeness (QED) is 0.188. The number of fused-ring (bicyclic) bond motifs is 2. The van der Waals surface area contributed by atoms with E-state index in [-0.39, 0.29) is 0 Å². The van der Waals surface area contributed by atoms with Gasteiger partial charge in [0.2, 0.25) is 0 Å². The number of hydrogen-bond donors (Lipinski definition) is 0. The van der Waals surface area contributed by atoms with Crippen molar-refractivity contribution in [1.29, 1.82) is 0 Å². The van der Waals surface area contributed by atoms with E-state index < -0.39 is 18.9 Å². The van der Waals surface area contributed by atoms with Gasteiger partial charge < -0.3 is 0 Å². The first-order chi connectivity index (χ1) is 18.5. The topological polar surface area (TPSA) is 0 Å². The van der Waals surface area contributed by atoms with Crippen LogP contribution in [0.15, 0.2) is 72.8 Å². The Kier molecular flexibility index (Phi) is 8.47. The first-order valence-corrected chi connectivity index (χ1v) is 22.3. The molecule has 0 radical (unpaired) electrons. The summed E-state index contributed by atoms with van der Waals surface area (Å²) >= 11 is -1.84. The summed E-state index contributed by atoms with van der Waals surface area (Å²) in [5.74, 6) is 5.83. The van der Waals surface area contributed by atoms with E-state index in [4.69, 9.17) is 17.0 Å². The van der Waals surface area contributed by atoms with Gasteiger partial charge in [0.25, 0.3) is 0 Å². The normalized spacial score (nSPS) is 18.8. The maximum Gasteiger partial charge on any atom is -0.0430 e. The fourth-order valence-electron chi connectivity index (χ4n) is 6.54. The molecule has 38 heavy (non-hydrogen) atoms. The van der Waals surface area contributed by atoms with Gasteiger partial charge in [-0.15, -0.1) is 93.3 Å². The van der Waals surface area contributed by atoms with Crippen molar-refractivity contribution in [2.75, 3.05) is 0 Å². The molecule has 0 aliphatic heterocycles. The average molecular weight is 623 g/mol. The minimum Gasteiger partial charge on any atom is -0.150 e. The Balaban J connectivity index is 0.000000116. The van der Waals surface area contributed by atoms with Crippen molar-refractivity contribution in [2.45, 2.75) is 77.0 Å². The van der Waals surface area contributed by atoms with Crippen molar-refractivity contribution in [1.82, 2.24) is 0 Å². The molecule has 4 saturated carbocycles. The predicted octanol–water partition coefficient (Wildman–Crippen LogP) is 11.0. The van der Waals surface area contributed by atoms with Crippen LogP contribution < -0.4 is 0 Å². The molecule has 4 aliphatic rings. The summed E-state index contributed by atoms with van der Waals surface area (Å²) in [6.07, 6.45) is 11.8. The molecule has 0 heterocycles. The van der Waals surface area contributed by atoms with Crippen LogP contribution in [0.25, 0.3) is 21.5 Å². The monoisotopic (exact) mass is 620 g/mol. The van der Waals surface area contributed by atoms with Crippen molar-refractivity contribution in [2.24, 2.45) is 23.7 Å². The van der Waals surface area contributed by atoms with E-state index in [9.17, 15) is 0 Å². The summed E-state index contributed by atoms with van der Waals surface area (Å²) < 4.78 is 1.24. The van der Waals surface area contributed by atoms with Crippen LogP contribution in [0, 0.1) is 23.7 Å². The van der Waals surface area contributed by atoms with Crippen molar-refractivity contribution in [3.63, 3.8) is 0 Å². The van der Waals surface area contributed by atoms with Crippen LogP contribution in [0.3, 0.4) is 0 Å². The van der Waals surface area contributed by atoms with Gasteiger partial charge in [-0.25, -0.2) is 0 Å². The van der Waals surface area contributed by atoms with Crippen LogP contribution in [-0.2, 0) is 18.9 Å². The molecule has 0 aromatic heterocycles. The summed E-state index contributed by atoms with van der Waals surface area (Å²) in [4.78, 5) is 0. The first kappa shape index (κ1) is 27.2. The van der Waals surface area contributed by atoms with E-state index in [0.717, 1.165) is 35.5 Å². The minimum absolute atomic E-state index is 0.889. The average Bonchev–Trinajstić information content (AvgIpc) is 3.70. The Morgan fingerprint density at radius 1 is 0.632 bits per heavy atom. The fourth-order valence-corrected chi connectivity index (χ4v) is 6.54.